The number of nitrogens with two attached hydrogens (primary N) is 1. The second-order valence-electron chi connectivity index (χ2n) is 8.96. The van der Waals surface area contributed by atoms with E-state index in [1.54, 1.807) is 4.68 Å². The number of hydrogen-bond acceptors (Lipinski definition) is 7. The van der Waals surface area contributed by atoms with E-state index in [9.17, 15) is 14.4 Å². The van der Waals surface area contributed by atoms with E-state index in [1.165, 1.54) is 12.0 Å². The molecule has 0 spiro atoms. The maximum absolute atomic E-state index is 13.3. The molecule has 0 aliphatic carbocycles. The number of likely N-dealkylation sites (tertiary alicyclic amines) is 1. The van der Waals surface area contributed by atoms with Crippen molar-refractivity contribution in [2.45, 2.75) is 43.9 Å². The van der Waals surface area contributed by atoms with Crippen LogP contribution >= 0.6 is 0 Å². The Balaban J connectivity index is 1.42. The summed E-state index contributed by atoms with van der Waals surface area (Å²) in [5.74, 6) is -0.631. The van der Waals surface area contributed by atoms with Crippen molar-refractivity contribution in [2.24, 2.45) is 12.8 Å². The highest BCUT2D eigenvalue weighted by atomic mass is 16.5. The van der Waals surface area contributed by atoms with Crippen LogP contribution < -0.4 is 16.4 Å². The zero-order chi connectivity index (χ0) is 25.7. The Hall–Kier alpha value is -3.99. The van der Waals surface area contributed by atoms with Gasteiger partial charge in [0.1, 0.15) is 11.6 Å². The summed E-state index contributed by atoms with van der Waals surface area (Å²) in [6.45, 7) is 0.440. The number of nitrogens with zero attached hydrogens (tertiary/aromatic N) is 4. The van der Waals surface area contributed by atoms with Crippen molar-refractivity contribution < 1.29 is 19.1 Å². The fraction of sp³-hybridized carbons (Fsp3) is 0.400. The number of methoxy groups -OCH3 is 1. The maximum Gasteiger partial charge on any atom is 0.407 e. The minimum Gasteiger partial charge on any atom is -0.453 e. The number of carbonyl (C=O) groups is 3. The number of aromatic nitrogens is 3. The van der Waals surface area contributed by atoms with Gasteiger partial charge in [0.05, 0.1) is 24.7 Å². The normalized spacial score (nSPS) is 18.1. The fourth-order valence-electron chi connectivity index (χ4n) is 4.46. The average molecular weight is 494 g/mol. The van der Waals surface area contributed by atoms with E-state index >= 15 is 0 Å². The standard InChI is InChI=1S/C25H31N7O4/c1-31-21-11-9-17(12-20(21)29-30-31)14-27-23(33)22-13-18(28-25(35)36-2)15-32(22)24(34)19(26)10-8-16-6-4-3-5-7-16/h3-7,9,11-12,18-19,22H,8,10,13-15,26H2,1-2H3,(H,27,33)(H,28,35). The van der Waals surface area contributed by atoms with E-state index < -0.39 is 24.2 Å². The van der Waals surface area contributed by atoms with Crippen LogP contribution in [0.2, 0.25) is 0 Å². The van der Waals surface area contributed by atoms with Crippen molar-refractivity contribution >= 4 is 28.9 Å². The molecule has 11 nitrogen and oxygen atoms in total. The zero-order valence-electron chi connectivity index (χ0n) is 20.4. The zero-order valence-corrected chi connectivity index (χ0v) is 20.4. The third kappa shape index (κ3) is 5.80. The molecule has 1 fully saturated rings. The molecule has 0 saturated carbocycles. The van der Waals surface area contributed by atoms with Gasteiger partial charge in [-0.2, -0.15) is 0 Å². The van der Waals surface area contributed by atoms with Crippen molar-refractivity contribution in [3.63, 3.8) is 0 Å². The first-order valence-corrected chi connectivity index (χ1v) is 11.9. The van der Waals surface area contributed by atoms with Gasteiger partial charge in [-0.1, -0.05) is 41.6 Å². The first-order valence-electron chi connectivity index (χ1n) is 11.9. The third-order valence-corrected chi connectivity index (χ3v) is 6.44. The summed E-state index contributed by atoms with van der Waals surface area (Å²) in [5, 5.41) is 13.7. The van der Waals surface area contributed by atoms with Crippen LogP contribution in [0, 0.1) is 0 Å². The molecule has 11 heteroatoms. The molecule has 3 unspecified atom stereocenters. The first kappa shape index (κ1) is 25.1. The van der Waals surface area contributed by atoms with Crippen LogP contribution in [0.15, 0.2) is 48.5 Å². The van der Waals surface area contributed by atoms with E-state index in [1.807, 2.05) is 55.6 Å². The molecule has 0 bridgehead atoms. The molecular weight excluding hydrogens is 462 g/mol. The maximum atomic E-state index is 13.3. The van der Waals surface area contributed by atoms with Crippen LogP contribution in [0.4, 0.5) is 4.79 Å². The third-order valence-electron chi connectivity index (χ3n) is 6.44. The van der Waals surface area contributed by atoms with Gasteiger partial charge in [0.25, 0.3) is 0 Å². The number of carbonyl (C=O) groups excluding carboxylic acids is 3. The summed E-state index contributed by atoms with van der Waals surface area (Å²) in [6, 6.07) is 13.5. The number of alkyl carbamates (subject to hydrolysis) is 1. The van der Waals surface area contributed by atoms with Crippen LogP contribution in [0.1, 0.15) is 24.0 Å². The molecular formula is C25H31N7O4. The Morgan fingerprint density at radius 3 is 2.69 bits per heavy atom. The lowest BCUT2D eigenvalue weighted by Crippen LogP contribution is -2.51. The van der Waals surface area contributed by atoms with Gasteiger partial charge in [0.15, 0.2) is 0 Å². The average Bonchev–Trinajstić information content (AvgIpc) is 3.49. The van der Waals surface area contributed by atoms with E-state index in [0.29, 0.717) is 12.8 Å². The molecule has 1 saturated heterocycles. The Labute approximate surface area is 209 Å². The summed E-state index contributed by atoms with van der Waals surface area (Å²) in [6.07, 6.45) is 0.745. The molecule has 1 aromatic heterocycles. The number of hydrogen-bond donors (Lipinski definition) is 3. The Morgan fingerprint density at radius 2 is 1.94 bits per heavy atom. The number of aryl methyl sites for hydroxylation is 2. The summed E-state index contributed by atoms with van der Waals surface area (Å²) >= 11 is 0. The highest BCUT2D eigenvalue weighted by Crippen LogP contribution is 2.21. The minimum absolute atomic E-state index is 0.177. The van der Waals surface area contributed by atoms with Gasteiger partial charge in [-0.15, -0.1) is 5.10 Å². The summed E-state index contributed by atoms with van der Waals surface area (Å²) in [4.78, 5) is 39.7. The molecule has 36 heavy (non-hydrogen) atoms. The molecule has 3 aromatic rings. The predicted molar refractivity (Wildman–Crippen MR) is 133 cm³/mol. The highest BCUT2D eigenvalue weighted by molar-refractivity contribution is 5.90. The summed E-state index contributed by atoms with van der Waals surface area (Å²) in [7, 11) is 3.08. The molecule has 1 aliphatic rings. The Bertz CT molecular complexity index is 1230. The van der Waals surface area contributed by atoms with Gasteiger partial charge >= 0.3 is 6.09 Å². The largest absolute Gasteiger partial charge is 0.453 e. The van der Waals surface area contributed by atoms with Crippen molar-refractivity contribution in [1.29, 1.82) is 0 Å². The lowest BCUT2D eigenvalue weighted by molar-refractivity contribution is -0.139. The SMILES string of the molecule is COC(=O)NC1CC(C(=O)NCc2ccc3c(c2)nnn3C)N(C(=O)C(N)CCc2ccccc2)C1. The molecule has 4 N–H and O–H groups in total. The molecule has 0 radical (unpaired) electrons. The summed E-state index contributed by atoms with van der Waals surface area (Å²) in [5.41, 5.74) is 9.81. The second kappa shape index (κ2) is 11.2. The number of amides is 3. The number of nitrogens with one attached hydrogen (secondary N) is 2. The van der Waals surface area contributed by atoms with Crippen molar-refractivity contribution in [3.05, 3.63) is 59.7 Å². The molecule has 1 aliphatic heterocycles. The van der Waals surface area contributed by atoms with E-state index in [-0.39, 0.29) is 31.3 Å². The number of fused-ring (bicyclic) bond motifs is 1. The Kier molecular flexibility index (Phi) is 7.79. The number of benzene rings is 2. The molecule has 2 heterocycles. The molecule has 2 aromatic carbocycles. The fourth-order valence-corrected chi connectivity index (χ4v) is 4.46. The molecule has 190 valence electrons. The molecule has 3 amide bonds. The lowest BCUT2D eigenvalue weighted by Gasteiger charge is -2.26. The lowest BCUT2D eigenvalue weighted by atomic mass is 10.0. The van der Waals surface area contributed by atoms with Crippen LogP contribution in [0.25, 0.3) is 11.0 Å². The van der Waals surface area contributed by atoms with Crippen LogP contribution in [0.3, 0.4) is 0 Å². The van der Waals surface area contributed by atoms with Gasteiger partial charge < -0.3 is 26.0 Å². The summed E-state index contributed by atoms with van der Waals surface area (Å²) < 4.78 is 6.37. The molecule has 3 atom stereocenters. The van der Waals surface area contributed by atoms with Gasteiger partial charge in [0, 0.05) is 20.1 Å². The van der Waals surface area contributed by atoms with Crippen LogP contribution in [-0.2, 0) is 34.3 Å². The van der Waals surface area contributed by atoms with Crippen LogP contribution in [0.5, 0.6) is 0 Å². The first-order chi connectivity index (χ1) is 17.4. The smallest absolute Gasteiger partial charge is 0.407 e. The van der Waals surface area contributed by atoms with Crippen molar-refractivity contribution in [1.82, 2.24) is 30.5 Å². The van der Waals surface area contributed by atoms with Crippen molar-refractivity contribution in [3.8, 4) is 0 Å². The van der Waals surface area contributed by atoms with Gasteiger partial charge in [-0.05, 0) is 42.5 Å². The predicted octanol–water partition coefficient (Wildman–Crippen LogP) is 0.870. The van der Waals surface area contributed by atoms with E-state index in [0.717, 1.165) is 22.2 Å². The highest BCUT2D eigenvalue weighted by Gasteiger charge is 2.41. The van der Waals surface area contributed by atoms with Gasteiger partial charge in [0.2, 0.25) is 11.8 Å². The van der Waals surface area contributed by atoms with E-state index in [4.69, 9.17) is 5.73 Å². The van der Waals surface area contributed by atoms with E-state index in [2.05, 4.69) is 25.7 Å². The van der Waals surface area contributed by atoms with Gasteiger partial charge in [-0.3, -0.25) is 9.59 Å². The van der Waals surface area contributed by atoms with Crippen molar-refractivity contribution in [2.75, 3.05) is 13.7 Å². The quantitative estimate of drug-likeness (QED) is 0.422. The topological polar surface area (TPSA) is 144 Å². The van der Waals surface area contributed by atoms with Gasteiger partial charge in [-0.25, -0.2) is 9.48 Å². The molecule has 4 rings (SSSR count). The minimum atomic E-state index is -0.767. The van der Waals surface area contributed by atoms with Crippen LogP contribution in [-0.4, -0.2) is 69.6 Å². The monoisotopic (exact) mass is 493 g/mol. The number of ether oxygens (including phenoxy) is 1. The Morgan fingerprint density at radius 1 is 1.17 bits per heavy atom. The second-order valence-corrected chi connectivity index (χ2v) is 8.96. The number of rotatable bonds is 8.